The van der Waals surface area contributed by atoms with Gasteiger partial charge in [0.25, 0.3) is 0 Å². The first-order valence-corrected chi connectivity index (χ1v) is 6.94. The highest BCUT2D eigenvalue weighted by molar-refractivity contribution is 5.75. The SMILES string of the molecule is CCCCCCCCCC(=O)NCc1ncn[nH]1. The van der Waals surface area contributed by atoms with Gasteiger partial charge >= 0.3 is 0 Å². The molecule has 1 heterocycles. The van der Waals surface area contributed by atoms with Crippen molar-refractivity contribution in [2.24, 2.45) is 0 Å². The zero-order chi connectivity index (χ0) is 13.1. The van der Waals surface area contributed by atoms with E-state index in [1.165, 1.54) is 38.4 Å². The third-order valence-electron chi connectivity index (χ3n) is 2.93. The second kappa shape index (κ2) is 9.62. The molecule has 0 aliphatic rings. The zero-order valence-electron chi connectivity index (χ0n) is 11.2. The smallest absolute Gasteiger partial charge is 0.220 e. The molecule has 1 amide bonds. The van der Waals surface area contributed by atoms with Gasteiger partial charge in [0.2, 0.25) is 5.91 Å². The molecule has 0 aliphatic carbocycles. The summed E-state index contributed by atoms with van der Waals surface area (Å²) in [5, 5.41) is 9.26. The molecule has 1 aromatic rings. The topological polar surface area (TPSA) is 70.7 Å². The van der Waals surface area contributed by atoms with Crippen molar-refractivity contribution in [3.05, 3.63) is 12.2 Å². The minimum absolute atomic E-state index is 0.0972. The zero-order valence-corrected chi connectivity index (χ0v) is 11.2. The summed E-state index contributed by atoms with van der Waals surface area (Å²) in [4.78, 5) is 15.4. The van der Waals surface area contributed by atoms with Crippen LogP contribution in [-0.4, -0.2) is 21.1 Å². The van der Waals surface area contributed by atoms with Crippen LogP contribution in [-0.2, 0) is 11.3 Å². The molecule has 1 rings (SSSR count). The summed E-state index contributed by atoms with van der Waals surface area (Å²) < 4.78 is 0. The van der Waals surface area contributed by atoms with Crippen molar-refractivity contribution in [2.75, 3.05) is 0 Å². The van der Waals surface area contributed by atoms with Crippen LogP contribution in [0.15, 0.2) is 6.33 Å². The van der Waals surface area contributed by atoms with E-state index < -0.39 is 0 Å². The fourth-order valence-electron chi connectivity index (χ4n) is 1.83. The van der Waals surface area contributed by atoms with Crippen LogP contribution in [0.1, 0.15) is 64.1 Å². The monoisotopic (exact) mass is 252 g/mol. The van der Waals surface area contributed by atoms with Crippen molar-refractivity contribution >= 4 is 5.91 Å². The molecular weight excluding hydrogens is 228 g/mol. The lowest BCUT2D eigenvalue weighted by Crippen LogP contribution is -2.22. The fraction of sp³-hybridized carbons (Fsp3) is 0.769. The van der Waals surface area contributed by atoms with E-state index in [1.807, 2.05) is 0 Å². The molecule has 5 heteroatoms. The van der Waals surface area contributed by atoms with Gasteiger partial charge < -0.3 is 5.32 Å². The molecule has 0 fully saturated rings. The highest BCUT2D eigenvalue weighted by Crippen LogP contribution is 2.08. The Morgan fingerprint density at radius 2 is 1.94 bits per heavy atom. The molecular formula is C13H24N4O. The van der Waals surface area contributed by atoms with Crippen molar-refractivity contribution in [1.29, 1.82) is 0 Å². The number of aromatic amines is 1. The number of unbranched alkanes of at least 4 members (excludes halogenated alkanes) is 6. The lowest BCUT2D eigenvalue weighted by Gasteiger charge is -2.03. The molecule has 0 atom stereocenters. The van der Waals surface area contributed by atoms with Gasteiger partial charge in [0.1, 0.15) is 12.2 Å². The van der Waals surface area contributed by atoms with E-state index in [9.17, 15) is 4.79 Å². The summed E-state index contributed by atoms with van der Waals surface area (Å²) in [6, 6.07) is 0. The van der Waals surface area contributed by atoms with Crippen LogP contribution in [0, 0.1) is 0 Å². The van der Waals surface area contributed by atoms with Gasteiger partial charge in [0, 0.05) is 6.42 Å². The fourth-order valence-corrected chi connectivity index (χ4v) is 1.83. The Kier molecular flexibility index (Phi) is 7.84. The molecule has 0 saturated carbocycles. The summed E-state index contributed by atoms with van der Waals surface area (Å²) in [7, 11) is 0. The van der Waals surface area contributed by atoms with Gasteiger partial charge in [-0.1, -0.05) is 45.4 Å². The van der Waals surface area contributed by atoms with Crippen molar-refractivity contribution in [3.8, 4) is 0 Å². The largest absolute Gasteiger partial charge is 0.349 e. The number of nitrogens with zero attached hydrogens (tertiary/aromatic N) is 2. The van der Waals surface area contributed by atoms with Gasteiger partial charge in [-0.25, -0.2) is 4.98 Å². The third-order valence-corrected chi connectivity index (χ3v) is 2.93. The first-order valence-electron chi connectivity index (χ1n) is 6.94. The molecule has 0 saturated heterocycles. The molecule has 0 aromatic carbocycles. The second-order valence-electron chi connectivity index (χ2n) is 4.58. The third kappa shape index (κ3) is 7.04. The average molecular weight is 252 g/mol. The summed E-state index contributed by atoms with van der Waals surface area (Å²) in [5.74, 6) is 0.794. The van der Waals surface area contributed by atoms with E-state index in [0.717, 1.165) is 12.8 Å². The summed E-state index contributed by atoms with van der Waals surface area (Å²) in [6.07, 6.45) is 10.7. The van der Waals surface area contributed by atoms with Crippen LogP contribution in [0.5, 0.6) is 0 Å². The predicted octanol–water partition coefficient (Wildman–Crippen LogP) is 2.56. The lowest BCUT2D eigenvalue weighted by molar-refractivity contribution is -0.121. The van der Waals surface area contributed by atoms with E-state index in [1.54, 1.807) is 0 Å². The predicted molar refractivity (Wildman–Crippen MR) is 70.8 cm³/mol. The van der Waals surface area contributed by atoms with Gasteiger partial charge in [0.05, 0.1) is 6.54 Å². The molecule has 0 bridgehead atoms. The number of hydrogen-bond acceptors (Lipinski definition) is 3. The molecule has 0 unspecified atom stereocenters. The Bertz CT molecular complexity index is 311. The first kappa shape index (κ1) is 14.7. The maximum atomic E-state index is 11.5. The maximum absolute atomic E-state index is 11.5. The maximum Gasteiger partial charge on any atom is 0.220 e. The minimum atomic E-state index is 0.0972. The summed E-state index contributed by atoms with van der Waals surface area (Å²) in [5.41, 5.74) is 0. The van der Waals surface area contributed by atoms with E-state index in [0.29, 0.717) is 18.8 Å². The van der Waals surface area contributed by atoms with Crippen LogP contribution >= 0.6 is 0 Å². The molecule has 0 radical (unpaired) electrons. The van der Waals surface area contributed by atoms with Crippen LogP contribution in [0.4, 0.5) is 0 Å². The van der Waals surface area contributed by atoms with Crippen LogP contribution in [0.2, 0.25) is 0 Å². The average Bonchev–Trinajstić information content (AvgIpc) is 2.88. The Morgan fingerprint density at radius 3 is 2.61 bits per heavy atom. The number of rotatable bonds is 10. The molecule has 2 N–H and O–H groups in total. The minimum Gasteiger partial charge on any atom is -0.349 e. The van der Waals surface area contributed by atoms with Crippen LogP contribution in [0.25, 0.3) is 0 Å². The molecule has 5 nitrogen and oxygen atoms in total. The van der Waals surface area contributed by atoms with Crippen molar-refractivity contribution in [3.63, 3.8) is 0 Å². The standard InChI is InChI=1S/C13H24N4O/c1-2-3-4-5-6-7-8-9-13(18)14-10-12-15-11-16-17-12/h11H,2-10H2,1H3,(H,14,18)(H,15,16,17). The summed E-state index contributed by atoms with van der Waals surface area (Å²) >= 11 is 0. The Hall–Kier alpha value is -1.39. The molecule has 0 aliphatic heterocycles. The highest BCUT2D eigenvalue weighted by Gasteiger charge is 2.02. The van der Waals surface area contributed by atoms with E-state index in [4.69, 9.17) is 0 Å². The van der Waals surface area contributed by atoms with E-state index in [-0.39, 0.29) is 5.91 Å². The van der Waals surface area contributed by atoms with Gasteiger partial charge in [-0.2, -0.15) is 5.10 Å². The number of aromatic nitrogens is 3. The van der Waals surface area contributed by atoms with Gasteiger partial charge in [0.15, 0.2) is 0 Å². The van der Waals surface area contributed by atoms with E-state index in [2.05, 4.69) is 27.4 Å². The number of carbonyl (C=O) groups is 1. The second-order valence-corrected chi connectivity index (χ2v) is 4.58. The molecule has 1 aromatic heterocycles. The quantitative estimate of drug-likeness (QED) is 0.629. The van der Waals surface area contributed by atoms with Crippen LogP contribution in [0.3, 0.4) is 0 Å². The van der Waals surface area contributed by atoms with Crippen LogP contribution < -0.4 is 5.32 Å². The van der Waals surface area contributed by atoms with Gasteiger partial charge in [-0.3, -0.25) is 9.89 Å². The highest BCUT2D eigenvalue weighted by atomic mass is 16.1. The number of nitrogens with one attached hydrogen (secondary N) is 2. The number of H-pyrrole nitrogens is 1. The number of hydrogen-bond donors (Lipinski definition) is 2. The van der Waals surface area contributed by atoms with Crippen molar-refractivity contribution < 1.29 is 4.79 Å². The van der Waals surface area contributed by atoms with Gasteiger partial charge in [-0.15, -0.1) is 0 Å². The van der Waals surface area contributed by atoms with Gasteiger partial charge in [-0.05, 0) is 6.42 Å². The van der Waals surface area contributed by atoms with E-state index >= 15 is 0 Å². The Balaban J connectivity index is 1.90. The first-order chi connectivity index (χ1) is 8.83. The number of carbonyl (C=O) groups excluding carboxylic acids is 1. The number of amides is 1. The Morgan fingerprint density at radius 1 is 1.22 bits per heavy atom. The Labute approximate surface area is 109 Å². The normalized spacial score (nSPS) is 10.5. The van der Waals surface area contributed by atoms with Crippen molar-refractivity contribution in [1.82, 2.24) is 20.5 Å². The summed E-state index contributed by atoms with van der Waals surface area (Å²) in [6.45, 7) is 2.66. The molecule has 0 spiro atoms. The lowest BCUT2D eigenvalue weighted by atomic mass is 10.1. The molecule has 18 heavy (non-hydrogen) atoms. The van der Waals surface area contributed by atoms with Crippen molar-refractivity contribution in [2.45, 2.75) is 64.8 Å². The molecule has 102 valence electrons.